The molecule has 10 rings (SSSR count). The molecular weight excluding hydrogens is 1490 g/mol. The molecule has 1 aliphatic carbocycles. The number of hydrogen-bond acceptors (Lipinski definition) is 29. The first-order chi connectivity index (χ1) is 53.7. The minimum Gasteiger partial charge on any atom is -0.507 e. The van der Waals surface area contributed by atoms with E-state index in [1.165, 1.54) is 99.2 Å². The normalized spacial score (nSPS) is 40.2. The number of likely N-dealkylation sites (N-methyl/N-ethyl adjacent to an activating group) is 2. The highest BCUT2D eigenvalue weighted by atomic mass is 16.7. The van der Waals surface area contributed by atoms with Crippen LogP contribution in [0.3, 0.4) is 0 Å². The minimum atomic E-state index is -2.04. The third-order valence-electron chi connectivity index (χ3n) is 25.7. The number of phenolic OH excluding ortho intramolecular Hbond substituents is 3. The average molecular weight is 1630 g/mol. The molecule has 1 saturated carbocycles. The van der Waals surface area contributed by atoms with Gasteiger partial charge in [-0.15, -0.1) is 0 Å². The number of ether oxygens (including phenoxy) is 10. The van der Waals surface area contributed by atoms with Crippen molar-refractivity contribution in [2.75, 3.05) is 73.4 Å². The summed E-state index contributed by atoms with van der Waals surface area (Å²) in [5.74, 6) is -10.9. The zero-order chi connectivity index (χ0) is 85.7. The number of fused-ring (bicyclic) bond motifs is 14. The Morgan fingerprint density at radius 2 is 1.42 bits per heavy atom. The van der Waals surface area contributed by atoms with Crippen LogP contribution >= 0.6 is 0 Å². The van der Waals surface area contributed by atoms with E-state index < -0.39 is 185 Å². The highest BCUT2D eigenvalue weighted by Crippen LogP contribution is 2.55. The molecular formula is C85H136N6O24. The lowest BCUT2D eigenvalue weighted by Crippen LogP contribution is -2.60. The number of nitrogens with zero attached hydrogens (tertiary/aromatic N) is 5. The fraction of sp³-hybridized carbons (Fsp3) is 0.753. The summed E-state index contributed by atoms with van der Waals surface area (Å²) in [4.78, 5) is 61.3. The van der Waals surface area contributed by atoms with Gasteiger partial charge in [0.2, 0.25) is 0 Å². The van der Waals surface area contributed by atoms with Crippen LogP contribution < -0.4 is 10.1 Å². The number of hydrogen-bond donors (Lipinski definition) is 11. The van der Waals surface area contributed by atoms with Crippen molar-refractivity contribution >= 4 is 46.3 Å². The average Bonchev–Trinajstić information content (AvgIpc) is 1.60. The summed E-state index contributed by atoms with van der Waals surface area (Å²) < 4.78 is 61.2. The van der Waals surface area contributed by atoms with Crippen molar-refractivity contribution in [1.82, 2.24) is 19.7 Å². The number of ketones is 1. The second-order valence-corrected chi connectivity index (χ2v) is 35.0. The van der Waals surface area contributed by atoms with E-state index in [-0.39, 0.29) is 81.8 Å². The molecule has 0 aromatic heterocycles. The van der Waals surface area contributed by atoms with Gasteiger partial charge in [-0.2, -0.15) is 5.10 Å². The third-order valence-corrected chi connectivity index (χ3v) is 25.7. The lowest BCUT2D eigenvalue weighted by Gasteiger charge is -2.48. The van der Waals surface area contributed by atoms with E-state index in [0.29, 0.717) is 32.1 Å². The smallest absolute Gasteiger partial charge is 0.312 e. The van der Waals surface area contributed by atoms with Crippen molar-refractivity contribution in [3.8, 4) is 23.0 Å². The van der Waals surface area contributed by atoms with Crippen LogP contribution in [0.4, 0.5) is 5.69 Å². The lowest BCUT2D eigenvalue weighted by molar-refractivity contribution is -0.318. The highest BCUT2D eigenvalue weighted by molar-refractivity contribution is 6.24. The molecule has 27 atom stereocenters. The second-order valence-electron chi connectivity index (χ2n) is 35.0. The van der Waals surface area contributed by atoms with Gasteiger partial charge in [-0.1, -0.05) is 79.5 Å². The number of aliphatic hydroxyl groups excluding tert-OH is 5. The Balaban J connectivity index is 0.000000293. The van der Waals surface area contributed by atoms with E-state index >= 15 is 0 Å². The molecule has 5 bridgehead atoms. The van der Waals surface area contributed by atoms with Crippen molar-refractivity contribution in [2.45, 2.75) is 303 Å². The van der Waals surface area contributed by atoms with Gasteiger partial charge in [-0.05, 0) is 128 Å². The van der Waals surface area contributed by atoms with Crippen LogP contribution in [-0.2, 0) is 57.0 Å². The summed E-state index contributed by atoms with van der Waals surface area (Å²) in [6.45, 7) is 33.4. The molecule has 1 amide bonds. The fourth-order valence-electron chi connectivity index (χ4n) is 18.2. The number of piperazine rings is 1. The Labute approximate surface area is 679 Å². The van der Waals surface area contributed by atoms with Crippen molar-refractivity contribution in [3.05, 3.63) is 52.8 Å². The molecule has 2 aromatic carbocycles. The Bertz CT molecular complexity index is 3780. The molecule has 7 aliphatic heterocycles. The van der Waals surface area contributed by atoms with Crippen LogP contribution in [0.5, 0.6) is 23.0 Å². The van der Waals surface area contributed by atoms with Gasteiger partial charge in [0.1, 0.15) is 53.4 Å². The summed E-state index contributed by atoms with van der Waals surface area (Å²) in [5.41, 5.74) is -4.67. The number of methoxy groups -OCH3 is 2. The van der Waals surface area contributed by atoms with Gasteiger partial charge in [0, 0.05) is 131 Å². The van der Waals surface area contributed by atoms with Gasteiger partial charge < -0.3 is 114 Å². The summed E-state index contributed by atoms with van der Waals surface area (Å²) in [7, 11) is 8.56. The Morgan fingerprint density at radius 1 is 0.774 bits per heavy atom. The monoisotopic (exact) mass is 1620 g/mol. The molecule has 0 spiro atoms. The fourth-order valence-corrected chi connectivity index (χ4v) is 18.2. The molecule has 0 radical (unpaired) electrons. The number of aliphatic hydroxyl groups is 7. The summed E-state index contributed by atoms with van der Waals surface area (Å²) in [6.07, 6.45) is 1.56. The van der Waals surface area contributed by atoms with Crippen LogP contribution in [0.15, 0.2) is 41.2 Å². The molecule has 2 aromatic rings. The lowest BCUT2D eigenvalue weighted by atomic mass is 9.77. The first-order valence-corrected chi connectivity index (χ1v) is 41.1. The summed E-state index contributed by atoms with van der Waals surface area (Å²) in [5, 5.41) is 126. The predicted molar refractivity (Wildman–Crippen MR) is 431 cm³/mol. The van der Waals surface area contributed by atoms with Crippen molar-refractivity contribution < 1.29 is 118 Å². The number of hydrazone groups is 1. The van der Waals surface area contributed by atoms with Gasteiger partial charge in [0.25, 0.3) is 11.7 Å². The number of amides is 1. The molecule has 115 heavy (non-hydrogen) atoms. The van der Waals surface area contributed by atoms with Crippen LogP contribution in [0.2, 0.25) is 0 Å². The molecule has 8 unspecified atom stereocenters. The van der Waals surface area contributed by atoms with E-state index in [1.54, 1.807) is 81.4 Å². The molecule has 11 N–H and O–H groups in total. The number of cyclic esters (lactones) is 1. The van der Waals surface area contributed by atoms with E-state index in [9.17, 15) is 70.2 Å². The maximum atomic E-state index is 14.5. The number of nitrogens with one attached hydrogen (secondary N) is 1. The van der Waals surface area contributed by atoms with E-state index in [4.69, 9.17) is 47.4 Å². The number of aromatic hydroxyl groups is 3. The zero-order valence-electron chi connectivity index (χ0n) is 71.9. The van der Waals surface area contributed by atoms with Crippen LogP contribution in [0.25, 0.3) is 10.8 Å². The van der Waals surface area contributed by atoms with Gasteiger partial charge in [-0.3, -0.25) is 29.1 Å². The molecule has 5 fully saturated rings. The van der Waals surface area contributed by atoms with Crippen LogP contribution in [0, 0.1) is 48.3 Å². The predicted octanol–water partition coefficient (Wildman–Crippen LogP) is 7.55. The molecule has 7 heterocycles. The van der Waals surface area contributed by atoms with E-state index in [0.717, 1.165) is 13.1 Å². The minimum absolute atomic E-state index is 0.0631. The van der Waals surface area contributed by atoms with Gasteiger partial charge in [0.15, 0.2) is 18.3 Å². The van der Waals surface area contributed by atoms with Gasteiger partial charge >= 0.3 is 17.7 Å². The van der Waals surface area contributed by atoms with Crippen molar-refractivity contribution in [2.24, 2.45) is 46.5 Å². The highest BCUT2D eigenvalue weighted by Gasteiger charge is 2.55. The first kappa shape index (κ1) is 94.3. The first-order valence-electron chi connectivity index (χ1n) is 41.1. The Kier molecular flexibility index (Phi) is 31.9. The SMILES string of the molecule is CC[C@H]1OC(=O)[C@H](C)[C@@H](OC2CC(C)(OC)C(O)C(C)O2)[C@H](C)[C@@H](OC2OC(C)CC(N(C)C)C2O)[C@](C)(O)C[C@@H](C)CN(C)[C@H](C)[C@@H](O)[C@]1(C)O.CO[C@H]1/C=C/O[C@@]2(C)Oc3c(C)c(O)c4c(O)c(c(/C=N/N5CCN(C6CCCC6)CC5)c(O)c4c3C2=O)NC(=O)/C(C)=C\C=C\[C@H](C)[C@H](O)[C@@H](C)[C@@H](O)[C@@H](C)[C@H](OC(C)=O)[C@@H]1C. The van der Waals surface area contributed by atoms with E-state index in [1.807, 2.05) is 56.7 Å². The molecule has 30 heteroatoms. The topological polar surface area (TPSA) is 400 Å². The van der Waals surface area contributed by atoms with E-state index in [2.05, 4.69) is 15.3 Å². The molecule has 8 aliphatic rings. The number of carbonyl (C=O) groups excluding carboxylic acids is 4. The van der Waals surface area contributed by atoms with Crippen LogP contribution in [-0.4, -0.2) is 295 Å². The second kappa shape index (κ2) is 38.9. The van der Waals surface area contributed by atoms with Crippen molar-refractivity contribution in [1.29, 1.82) is 0 Å². The quantitative estimate of drug-likeness (QED) is 0.0423. The zero-order valence-corrected chi connectivity index (χ0v) is 71.9. The van der Waals surface area contributed by atoms with Gasteiger partial charge in [-0.25, -0.2) is 0 Å². The number of phenols is 3. The number of allylic oxidation sites excluding steroid dienone is 2. The third kappa shape index (κ3) is 20.8. The van der Waals surface area contributed by atoms with Gasteiger partial charge in [0.05, 0.1) is 94.5 Å². The maximum absolute atomic E-state index is 14.5. The number of Topliss-reactive ketones (excluding diaryl/α,β-unsaturated/α-hetero) is 1. The number of rotatable bonds is 12. The van der Waals surface area contributed by atoms with Crippen LogP contribution in [0.1, 0.15) is 191 Å². The largest absolute Gasteiger partial charge is 0.507 e. The number of anilines is 1. The number of carbonyl (C=O) groups is 4. The standard InChI is InChI=1S/C47H64N4O12.C38H72N2O12/c1-24-13-12-14-25(2)46(59)49-37-32(23-48-51-20-18-50(19-21-51)31-15-10-11-16-31)41(56)34-35(42(37)57)40(55)29(6)44-36(34)45(58)47(8,63-44)61-22-17-33(60-9)26(3)43(62-30(7)52)28(5)39(54)27(4)38(24)53;1-15-27-38(10,46)31(42)24(6)40(13)19-20(2)17-36(8,45)33(52-35-29(41)26(39(11)12)16-21(3)48-35)22(4)30(23(5)34(44)50-27)51-28-18-37(9,47-14)32(43)25(7)49-28/h12-14,17,22-24,26-28,31,33,38-39,43,53-57H,10-11,15-16,18-21H2,1-9H3,(H,49,59);20-33,35,41-43,45-46H,15-19H2,1-14H3/b13-12+,22-17+,25-14-,48-23+;/t24-,26+,27+,28+,33-,38-,39+,43+,47-;20-,21?,22+,23-,24-,25?,26?,27-,28?,29?,30+,31-,32?,33-,35?,36-,37?,38-/m01/s1. The summed E-state index contributed by atoms with van der Waals surface area (Å²) >= 11 is 0. The molecule has 30 nitrogen and oxygen atoms in total. The Morgan fingerprint density at radius 3 is 2.02 bits per heavy atom. The molecule has 4 saturated heterocycles. The Hall–Kier alpha value is -6.17. The number of benzene rings is 2. The molecule has 650 valence electrons. The van der Waals surface area contributed by atoms with Crippen molar-refractivity contribution in [3.63, 3.8) is 0 Å². The summed E-state index contributed by atoms with van der Waals surface area (Å²) in [6, 6.07) is -0.254. The number of esters is 2. The maximum Gasteiger partial charge on any atom is 0.312 e.